The highest BCUT2D eigenvalue weighted by molar-refractivity contribution is 5.97. The lowest BCUT2D eigenvalue weighted by atomic mass is 10.1. The summed E-state index contributed by atoms with van der Waals surface area (Å²) in [6.07, 6.45) is 0. The Morgan fingerprint density at radius 3 is 2.29 bits per heavy atom. The molecule has 0 amide bonds. The van der Waals surface area contributed by atoms with Crippen molar-refractivity contribution in [2.24, 2.45) is 0 Å². The van der Waals surface area contributed by atoms with Gasteiger partial charge in [-0.15, -0.1) is 0 Å². The van der Waals surface area contributed by atoms with Gasteiger partial charge in [0.25, 0.3) is 0 Å². The molecule has 0 saturated heterocycles. The maximum absolute atomic E-state index is 5.23. The van der Waals surface area contributed by atoms with Crippen LogP contribution in [0.15, 0.2) is 24.3 Å². The topological polar surface area (TPSA) is 60.0 Å². The molecule has 0 saturated carbocycles. The van der Waals surface area contributed by atoms with Crippen LogP contribution in [0.2, 0.25) is 0 Å². The van der Waals surface area contributed by atoms with Crippen LogP contribution in [0.4, 0.5) is 0 Å². The van der Waals surface area contributed by atoms with Crippen LogP contribution in [0.25, 0.3) is 22.3 Å². The minimum Gasteiger partial charge on any atom is -0.481 e. The third kappa shape index (κ3) is 2.20. The molecule has 5 nitrogen and oxygen atoms in total. The number of hydrogen-bond acceptors (Lipinski definition) is 4. The Kier molecular flexibility index (Phi) is 3.25. The second-order valence-electron chi connectivity index (χ2n) is 4.90. The van der Waals surface area contributed by atoms with E-state index in [2.05, 4.69) is 34.0 Å². The molecule has 3 aromatic rings. The van der Waals surface area contributed by atoms with Gasteiger partial charge in [-0.25, -0.2) is 0 Å². The number of nitrogens with one attached hydrogen (secondary N) is 1. The molecule has 2 aromatic heterocycles. The van der Waals surface area contributed by atoms with E-state index >= 15 is 0 Å². The number of rotatable bonds is 3. The SMILES string of the molecule is COc1cc(OC)nc(-c2c(C)[nH]c3c(C)cccc23)n1. The van der Waals surface area contributed by atoms with Crippen LogP contribution in [0, 0.1) is 13.8 Å². The standard InChI is InChI=1S/C16H17N3O2/c1-9-6-5-7-11-14(10(2)17-15(9)11)16-18-12(20-3)8-13(19-16)21-4/h5-8,17H,1-4H3. The van der Waals surface area contributed by atoms with Crippen molar-refractivity contribution in [3.8, 4) is 23.1 Å². The molecule has 5 heteroatoms. The number of fused-ring (bicyclic) bond motifs is 1. The normalized spacial score (nSPS) is 10.9. The fourth-order valence-electron chi connectivity index (χ4n) is 2.51. The number of H-pyrrole nitrogens is 1. The minimum atomic E-state index is 0.484. The van der Waals surface area contributed by atoms with Gasteiger partial charge in [-0.1, -0.05) is 18.2 Å². The van der Waals surface area contributed by atoms with Gasteiger partial charge >= 0.3 is 0 Å². The molecule has 2 heterocycles. The second kappa shape index (κ2) is 5.09. The number of hydrogen-bond donors (Lipinski definition) is 1. The summed E-state index contributed by atoms with van der Waals surface area (Å²) in [5, 5.41) is 1.10. The second-order valence-corrected chi connectivity index (χ2v) is 4.90. The summed E-state index contributed by atoms with van der Waals surface area (Å²) in [6.45, 7) is 4.10. The Morgan fingerprint density at radius 2 is 1.67 bits per heavy atom. The summed E-state index contributed by atoms with van der Waals surface area (Å²) in [5.74, 6) is 1.57. The molecule has 0 unspecified atom stereocenters. The summed E-state index contributed by atoms with van der Waals surface area (Å²) in [4.78, 5) is 12.3. The number of aryl methyl sites for hydroxylation is 2. The molecule has 21 heavy (non-hydrogen) atoms. The number of aromatic nitrogens is 3. The minimum absolute atomic E-state index is 0.484. The lowest BCUT2D eigenvalue weighted by Crippen LogP contribution is -1.97. The molecular weight excluding hydrogens is 266 g/mol. The molecule has 0 spiro atoms. The Balaban J connectivity index is 2.30. The van der Waals surface area contributed by atoms with E-state index in [1.807, 2.05) is 13.0 Å². The van der Waals surface area contributed by atoms with Gasteiger partial charge in [-0.2, -0.15) is 9.97 Å². The zero-order chi connectivity index (χ0) is 15.0. The van der Waals surface area contributed by atoms with Gasteiger partial charge in [0.1, 0.15) is 0 Å². The van der Waals surface area contributed by atoms with E-state index in [1.54, 1.807) is 20.3 Å². The number of methoxy groups -OCH3 is 2. The average molecular weight is 283 g/mol. The number of aromatic amines is 1. The van der Waals surface area contributed by atoms with E-state index in [-0.39, 0.29) is 0 Å². The fraction of sp³-hybridized carbons (Fsp3) is 0.250. The van der Waals surface area contributed by atoms with Crippen molar-refractivity contribution in [1.29, 1.82) is 0 Å². The molecule has 0 fully saturated rings. The number of para-hydroxylation sites is 1. The van der Waals surface area contributed by atoms with Gasteiger partial charge in [0.15, 0.2) is 5.82 Å². The van der Waals surface area contributed by atoms with Crippen molar-refractivity contribution >= 4 is 10.9 Å². The highest BCUT2D eigenvalue weighted by atomic mass is 16.5. The van der Waals surface area contributed by atoms with Crippen molar-refractivity contribution in [3.05, 3.63) is 35.5 Å². The average Bonchev–Trinajstić information content (AvgIpc) is 2.84. The molecule has 0 aliphatic rings. The fourth-order valence-corrected chi connectivity index (χ4v) is 2.51. The highest BCUT2D eigenvalue weighted by Gasteiger charge is 2.16. The number of nitrogens with zero attached hydrogens (tertiary/aromatic N) is 2. The van der Waals surface area contributed by atoms with Gasteiger partial charge in [0, 0.05) is 22.2 Å². The van der Waals surface area contributed by atoms with Crippen molar-refractivity contribution in [2.45, 2.75) is 13.8 Å². The van der Waals surface area contributed by atoms with E-state index in [4.69, 9.17) is 9.47 Å². The first kappa shape index (κ1) is 13.4. The Hall–Kier alpha value is -2.56. The molecule has 0 aliphatic carbocycles. The molecule has 0 aliphatic heterocycles. The van der Waals surface area contributed by atoms with Gasteiger partial charge in [-0.3, -0.25) is 0 Å². The van der Waals surface area contributed by atoms with Gasteiger partial charge in [0.2, 0.25) is 11.8 Å². The lowest BCUT2D eigenvalue weighted by molar-refractivity contribution is 0.373. The van der Waals surface area contributed by atoms with E-state index in [0.717, 1.165) is 22.2 Å². The summed E-state index contributed by atoms with van der Waals surface area (Å²) in [5.41, 5.74) is 4.30. The van der Waals surface area contributed by atoms with Crippen LogP contribution in [-0.4, -0.2) is 29.2 Å². The number of ether oxygens (including phenoxy) is 2. The monoisotopic (exact) mass is 283 g/mol. The maximum Gasteiger partial charge on any atom is 0.220 e. The lowest BCUT2D eigenvalue weighted by Gasteiger charge is -2.06. The van der Waals surface area contributed by atoms with Crippen LogP contribution >= 0.6 is 0 Å². The van der Waals surface area contributed by atoms with Crippen LogP contribution in [0.1, 0.15) is 11.3 Å². The third-order valence-corrected chi connectivity index (χ3v) is 3.55. The van der Waals surface area contributed by atoms with Crippen LogP contribution < -0.4 is 9.47 Å². The van der Waals surface area contributed by atoms with Crippen LogP contribution in [0.5, 0.6) is 11.8 Å². The van der Waals surface area contributed by atoms with E-state index in [9.17, 15) is 0 Å². The van der Waals surface area contributed by atoms with Crippen molar-refractivity contribution in [2.75, 3.05) is 14.2 Å². The smallest absolute Gasteiger partial charge is 0.220 e. The highest BCUT2D eigenvalue weighted by Crippen LogP contribution is 2.33. The Morgan fingerprint density at radius 1 is 1.00 bits per heavy atom. The van der Waals surface area contributed by atoms with Crippen molar-refractivity contribution in [1.82, 2.24) is 15.0 Å². The third-order valence-electron chi connectivity index (χ3n) is 3.55. The zero-order valence-corrected chi connectivity index (χ0v) is 12.5. The molecule has 3 rings (SSSR count). The quantitative estimate of drug-likeness (QED) is 0.801. The van der Waals surface area contributed by atoms with Crippen molar-refractivity contribution in [3.63, 3.8) is 0 Å². The van der Waals surface area contributed by atoms with Gasteiger partial charge in [-0.05, 0) is 19.4 Å². The molecule has 1 aromatic carbocycles. The predicted molar refractivity (Wildman–Crippen MR) is 81.9 cm³/mol. The maximum atomic E-state index is 5.23. The number of benzene rings is 1. The molecule has 0 radical (unpaired) electrons. The van der Waals surface area contributed by atoms with Gasteiger partial charge in [0.05, 0.1) is 20.3 Å². The van der Waals surface area contributed by atoms with Crippen LogP contribution in [0.3, 0.4) is 0 Å². The largest absolute Gasteiger partial charge is 0.481 e. The summed E-state index contributed by atoms with van der Waals surface area (Å²) >= 11 is 0. The summed E-state index contributed by atoms with van der Waals surface area (Å²) in [6, 6.07) is 7.84. The molecule has 0 bridgehead atoms. The molecule has 108 valence electrons. The van der Waals surface area contributed by atoms with E-state index in [0.29, 0.717) is 17.6 Å². The van der Waals surface area contributed by atoms with Crippen LogP contribution in [-0.2, 0) is 0 Å². The first-order valence-corrected chi connectivity index (χ1v) is 6.69. The predicted octanol–water partition coefficient (Wildman–Crippen LogP) is 3.26. The first-order chi connectivity index (χ1) is 10.1. The molecular formula is C16H17N3O2. The summed E-state index contributed by atoms with van der Waals surface area (Å²) in [7, 11) is 3.16. The molecule has 0 atom stereocenters. The molecule has 1 N–H and O–H groups in total. The van der Waals surface area contributed by atoms with Gasteiger partial charge < -0.3 is 14.5 Å². The van der Waals surface area contributed by atoms with Crippen molar-refractivity contribution < 1.29 is 9.47 Å². The Labute approximate surface area is 123 Å². The zero-order valence-electron chi connectivity index (χ0n) is 12.5. The van der Waals surface area contributed by atoms with E-state index < -0.39 is 0 Å². The van der Waals surface area contributed by atoms with E-state index in [1.165, 1.54) is 5.56 Å². The first-order valence-electron chi connectivity index (χ1n) is 6.69. The summed E-state index contributed by atoms with van der Waals surface area (Å²) < 4.78 is 10.5. The Bertz CT molecular complexity index is 786.